The van der Waals surface area contributed by atoms with E-state index in [4.69, 9.17) is 0 Å². The first-order valence-corrected chi connectivity index (χ1v) is 7.41. The number of amides is 2. The van der Waals surface area contributed by atoms with Crippen molar-refractivity contribution in [1.29, 1.82) is 0 Å². The van der Waals surface area contributed by atoms with Crippen molar-refractivity contribution >= 4 is 28.3 Å². The molecule has 7 nitrogen and oxygen atoms in total. The molecule has 2 N–H and O–H groups in total. The van der Waals surface area contributed by atoms with Crippen LogP contribution in [0.5, 0.6) is 0 Å². The van der Waals surface area contributed by atoms with E-state index in [0.29, 0.717) is 16.9 Å². The highest BCUT2D eigenvalue weighted by Crippen LogP contribution is 2.20. The maximum atomic E-state index is 11.9. The highest BCUT2D eigenvalue weighted by atomic mass is 32.1. The van der Waals surface area contributed by atoms with Crippen molar-refractivity contribution in [3.05, 3.63) is 35.4 Å². The van der Waals surface area contributed by atoms with Gasteiger partial charge in [-0.2, -0.15) is 0 Å². The second kappa shape index (κ2) is 5.96. The molecule has 0 spiro atoms. The first-order valence-electron chi connectivity index (χ1n) is 6.53. The van der Waals surface area contributed by atoms with Gasteiger partial charge in [-0.1, -0.05) is 0 Å². The summed E-state index contributed by atoms with van der Waals surface area (Å²) in [6, 6.07) is 1.97. The molecule has 8 heteroatoms. The molecule has 3 rings (SSSR count). The van der Waals surface area contributed by atoms with Crippen LogP contribution in [-0.2, 0) is 11.2 Å². The molecule has 2 aromatic heterocycles. The fraction of sp³-hybridized carbons (Fsp3) is 0.308. The van der Waals surface area contributed by atoms with Gasteiger partial charge in [0.15, 0.2) is 5.13 Å². The van der Waals surface area contributed by atoms with Gasteiger partial charge in [0.1, 0.15) is 0 Å². The molecule has 0 bridgehead atoms. The number of hydrogen-bond acceptors (Lipinski definition) is 6. The summed E-state index contributed by atoms with van der Waals surface area (Å²) in [5.74, 6) is -0.369. The zero-order valence-electron chi connectivity index (χ0n) is 11.1. The average molecular weight is 303 g/mol. The van der Waals surface area contributed by atoms with E-state index in [1.807, 2.05) is 0 Å². The molecule has 1 fully saturated rings. The number of anilines is 1. The van der Waals surface area contributed by atoms with Crippen molar-refractivity contribution in [2.45, 2.75) is 25.3 Å². The summed E-state index contributed by atoms with van der Waals surface area (Å²) in [5, 5.41) is 7.70. The molecule has 21 heavy (non-hydrogen) atoms. The topological polar surface area (TPSA) is 96.9 Å². The van der Waals surface area contributed by atoms with Crippen LogP contribution in [0.3, 0.4) is 0 Å². The van der Waals surface area contributed by atoms with Crippen molar-refractivity contribution in [1.82, 2.24) is 20.3 Å². The summed E-state index contributed by atoms with van der Waals surface area (Å²) in [4.78, 5) is 35.4. The van der Waals surface area contributed by atoms with Crippen molar-refractivity contribution in [2.24, 2.45) is 0 Å². The predicted molar refractivity (Wildman–Crippen MR) is 77.0 cm³/mol. The fourth-order valence-electron chi connectivity index (χ4n) is 1.69. The van der Waals surface area contributed by atoms with Gasteiger partial charge in [0.2, 0.25) is 11.7 Å². The summed E-state index contributed by atoms with van der Waals surface area (Å²) in [7, 11) is 0. The van der Waals surface area contributed by atoms with E-state index in [1.54, 1.807) is 11.4 Å². The molecule has 0 unspecified atom stereocenters. The Balaban J connectivity index is 1.57. The lowest BCUT2D eigenvalue weighted by molar-refractivity contribution is -0.120. The van der Waals surface area contributed by atoms with E-state index >= 15 is 0 Å². The van der Waals surface area contributed by atoms with Crippen LogP contribution in [0, 0.1) is 0 Å². The molecule has 0 saturated heterocycles. The number of thiazole rings is 1. The molecule has 0 atom stereocenters. The molecule has 1 aliphatic rings. The summed E-state index contributed by atoms with van der Waals surface area (Å²) in [6.07, 6.45) is 5.34. The van der Waals surface area contributed by atoms with Crippen LogP contribution in [0.1, 0.15) is 29.2 Å². The van der Waals surface area contributed by atoms with Gasteiger partial charge in [-0.3, -0.25) is 14.9 Å². The van der Waals surface area contributed by atoms with Crippen molar-refractivity contribution in [3.63, 3.8) is 0 Å². The Kier molecular flexibility index (Phi) is 3.87. The summed E-state index contributed by atoms with van der Waals surface area (Å²) < 4.78 is 0. The lowest BCUT2D eigenvalue weighted by atomic mass is 10.3. The number of hydrogen-bond donors (Lipinski definition) is 2. The van der Waals surface area contributed by atoms with E-state index in [-0.39, 0.29) is 18.2 Å². The van der Waals surface area contributed by atoms with Crippen LogP contribution in [-0.4, -0.2) is 32.8 Å². The molecule has 0 radical (unpaired) electrons. The predicted octanol–water partition coefficient (Wildman–Crippen LogP) is 1.01. The third kappa shape index (κ3) is 3.82. The quantitative estimate of drug-likeness (QED) is 0.859. The smallest absolute Gasteiger partial charge is 0.295 e. The van der Waals surface area contributed by atoms with Crippen molar-refractivity contribution < 1.29 is 9.59 Å². The Morgan fingerprint density at radius 3 is 2.76 bits per heavy atom. The van der Waals surface area contributed by atoms with Gasteiger partial charge in [0.25, 0.3) is 5.91 Å². The zero-order chi connectivity index (χ0) is 14.7. The largest absolute Gasteiger partial charge is 0.353 e. The number of rotatable bonds is 5. The van der Waals surface area contributed by atoms with E-state index in [0.717, 1.165) is 12.8 Å². The van der Waals surface area contributed by atoms with Gasteiger partial charge in [-0.15, -0.1) is 11.3 Å². The minimum absolute atomic E-state index is 0.0351. The summed E-state index contributed by atoms with van der Waals surface area (Å²) in [5.41, 5.74) is 0.641. The lowest BCUT2D eigenvalue weighted by Gasteiger charge is -2.00. The second-order valence-electron chi connectivity index (χ2n) is 4.69. The average Bonchev–Trinajstić information content (AvgIpc) is 3.19. The summed E-state index contributed by atoms with van der Waals surface area (Å²) in [6.45, 7) is 0. The number of aromatic nitrogens is 3. The molecule has 108 valence electrons. The van der Waals surface area contributed by atoms with Crippen LogP contribution in [0.25, 0.3) is 0 Å². The molecule has 1 aliphatic carbocycles. The molecular formula is C13H13N5O2S. The minimum Gasteiger partial charge on any atom is -0.353 e. The fourth-order valence-corrected chi connectivity index (χ4v) is 2.39. The van der Waals surface area contributed by atoms with Crippen molar-refractivity contribution in [3.8, 4) is 0 Å². The third-order valence-corrected chi connectivity index (χ3v) is 3.63. The number of nitrogens with zero attached hydrogens (tertiary/aromatic N) is 3. The Hall–Kier alpha value is -2.35. The Morgan fingerprint density at radius 2 is 2.05 bits per heavy atom. The standard InChI is InChI=1S/C13H13N5O2S/c19-10(16-8-2-3-8)6-9-7-21-13(17-9)18-12(20)11-14-4-1-5-15-11/h1,4-5,7-8H,2-3,6H2,(H,16,19)(H,17,18,20). The molecule has 0 aromatic carbocycles. The Labute approximate surface area is 124 Å². The van der Waals surface area contributed by atoms with E-state index in [9.17, 15) is 9.59 Å². The van der Waals surface area contributed by atoms with Crippen LogP contribution in [0.4, 0.5) is 5.13 Å². The van der Waals surface area contributed by atoms with Gasteiger partial charge in [-0.25, -0.2) is 15.0 Å². The van der Waals surface area contributed by atoms with E-state index in [1.165, 1.54) is 23.7 Å². The van der Waals surface area contributed by atoms with Crippen LogP contribution < -0.4 is 10.6 Å². The molecule has 2 amide bonds. The molecule has 0 aliphatic heterocycles. The van der Waals surface area contributed by atoms with Crippen LogP contribution in [0.2, 0.25) is 0 Å². The van der Waals surface area contributed by atoms with E-state index in [2.05, 4.69) is 25.6 Å². The van der Waals surface area contributed by atoms with Crippen LogP contribution in [0.15, 0.2) is 23.8 Å². The van der Waals surface area contributed by atoms with E-state index < -0.39 is 5.91 Å². The maximum Gasteiger partial charge on any atom is 0.295 e. The Morgan fingerprint density at radius 1 is 1.29 bits per heavy atom. The van der Waals surface area contributed by atoms with Gasteiger partial charge in [-0.05, 0) is 18.9 Å². The first kappa shape index (κ1) is 13.6. The first-order chi connectivity index (χ1) is 10.2. The molecular weight excluding hydrogens is 290 g/mol. The molecule has 1 saturated carbocycles. The number of carbonyl (C=O) groups is 2. The zero-order valence-corrected chi connectivity index (χ0v) is 11.9. The van der Waals surface area contributed by atoms with Crippen molar-refractivity contribution in [2.75, 3.05) is 5.32 Å². The monoisotopic (exact) mass is 303 g/mol. The molecule has 2 aromatic rings. The lowest BCUT2D eigenvalue weighted by Crippen LogP contribution is -2.27. The third-order valence-electron chi connectivity index (χ3n) is 2.83. The van der Waals surface area contributed by atoms with Gasteiger partial charge < -0.3 is 5.32 Å². The second-order valence-corrected chi connectivity index (χ2v) is 5.55. The SMILES string of the molecule is O=C(Cc1csc(NC(=O)c2ncccn2)n1)NC1CC1. The normalized spacial score (nSPS) is 13.7. The number of carbonyl (C=O) groups excluding carboxylic acids is 2. The summed E-state index contributed by atoms with van der Waals surface area (Å²) >= 11 is 1.27. The number of nitrogens with one attached hydrogen (secondary N) is 2. The maximum absolute atomic E-state index is 11.9. The minimum atomic E-state index is -0.418. The Bertz CT molecular complexity index is 654. The molecule has 2 heterocycles. The highest BCUT2D eigenvalue weighted by molar-refractivity contribution is 7.14. The van der Waals surface area contributed by atoms with Gasteiger partial charge in [0.05, 0.1) is 12.1 Å². The van der Waals surface area contributed by atoms with Gasteiger partial charge >= 0.3 is 0 Å². The van der Waals surface area contributed by atoms with Crippen LogP contribution >= 0.6 is 11.3 Å². The highest BCUT2D eigenvalue weighted by Gasteiger charge is 2.23. The van der Waals surface area contributed by atoms with Gasteiger partial charge in [0, 0.05) is 23.8 Å².